The van der Waals surface area contributed by atoms with E-state index in [1.807, 2.05) is 6.92 Å². The molecule has 0 bridgehead atoms. The summed E-state index contributed by atoms with van der Waals surface area (Å²) in [6, 6.07) is 6.42. The average molecular weight is 350 g/mol. The summed E-state index contributed by atoms with van der Waals surface area (Å²) in [4.78, 5) is 23.7. The highest BCUT2D eigenvalue weighted by molar-refractivity contribution is 5.89. The molecule has 0 saturated carbocycles. The minimum absolute atomic E-state index is 0.218. The van der Waals surface area contributed by atoms with Gasteiger partial charge in [-0.05, 0) is 44.5 Å². The largest absolute Gasteiger partial charge is 0.490 e. The second kappa shape index (κ2) is 9.84. The molecule has 0 aliphatic heterocycles. The lowest BCUT2D eigenvalue weighted by Crippen LogP contribution is -2.31. The van der Waals surface area contributed by atoms with Crippen LogP contribution in [0.5, 0.6) is 5.75 Å². The molecule has 1 rings (SSSR count). The van der Waals surface area contributed by atoms with E-state index >= 15 is 0 Å². The highest BCUT2D eigenvalue weighted by Gasteiger charge is 2.27. The molecule has 6 nitrogen and oxygen atoms in total. The van der Waals surface area contributed by atoms with Crippen LogP contribution in [0.4, 0.5) is 0 Å². The van der Waals surface area contributed by atoms with Crippen molar-refractivity contribution in [2.45, 2.75) is 33.3 Å². The molecule has 1 unspecified atom stereocenters. The molecule has 1 aromatic rings. The summed E-state index contributed by atoms with van der Waals surface area (Å²) in [5.41, 5.74) is -0.270. The van der Waals surface area contributed by atoms with Gasteiger partial charge in [0.15, 0.2) is 0 Å². The van der Waals surface area contributed by atoms with Crippen LogP contribution < -0.4 is 4.74 Å². The van der Waals surface area contributed by atoms with Gasteiger partial charge in [-0.1, -0.05) is 19.6 Å². The van der Waals surface area contributed by atoms with E-state index in [4.69, 9.17) is 14.2 Å². The van der Waals surface area contributed by atoms with E-state index in [1.165, 1.54) is 0 Å². The molecule has 0 heterocycles. The summed E-state index contributed by atoms with van der Waals surface area (Å²) in [7, 11) is 0. The van der Waals surface area contributed by atoms with Crippen molar-refractivity contribution in [1.29, 1.82) is 0 Å². The van der Waals surface area contributed by atoms with Crippen LogP contribution >= 0.6 is 0 Å². The first-order valence-electron chi connectivity index (χ1n) is 8.16. The molecule has 0 aromatic heterocycles. The number of rotatable bonds is 10. The first-order valence-corrected chi connectivity index (χ1v) is 8.16. The van der Waals surface area contributed by atoms with E-state index in [9.17, 15) is 14.7 Å². The maximum absolute atomic E-state index is 11.9. The first kappa shape index (κ1) is 20.7. The summed E-state index contributed by atoms with van der Waals surface area (Å²) in [6.45, 7) is 8.87. The van der Waals surface area contributed by atoms with Crippen LogP contribution in [0, 0.1) is 5.41 Å². The predicted octanol–water partition coefficient (Wildman–Crippen LogP) is 2.75. The molecule has 1 N–H and O–H groups in total. The zero-order valence-corrected chi connectivity index (χ0v) is 15.0. The van der Waals surface area contributed by atoms with Crippen molar-refractivity contribution in [1.82, 2.24) is 0 Å². The van der Waals surface area contributed by atoms with Crippen molar-refractivity contribution >= 4 is 11.9 Å². The topological polar surface area (TPSA) is 82.1 Å². The number of aliphatic hydroxyl groups excluding tert-OH is 1. The van der Waals surface area contributed by atoms with E-state index < -0.39 is 23.5 Å². The minimum atomic E-state index is -1.07. The van der Waals surface area contributed by atoms with Gasteiger partial charge in [-0.3, -0.25) is 4.79 Å². The zero-order valence-electron chi connectivity index (χ0n) is 15.0. The molecule has 25 heavy (non-hydrogen) atoms. The number of aliphatic hydroxyl groups is 1. The van der Waals surface area contributed by atoms with Crippen LogP contribution in [-0.2, 0) is 14.3 Å². The standard InChI is InChI=1S/C19H26O6/c1-5-11-23-16-9-7-14(8-10-16)17(21)24-12-15(20)13-25-18(22)19(3,4)6-2/h5,7-10,15,20H,1,6,11-13H2,2-4H3. The Hall–Kier alpha value is -2.34. The molecule has 6 heteroatoms. The molecule has 0 saturated heterocycles. The van der Waals surface area contributed by atoms with Gasteiger partial charge in [0.05, 0.1) is 11.0 Å². The number of esters is 2. The predicted molar refractivity (Wildman–Crippen MR) is 93.5 cm³/mol. The van der Waals surface area contributed by atoms with Crippen molar-refractivity contribution < 1.29 is 28.9 Å². The molecule has 0 fully saturated rings. The summed E-state index contributed by atoms with van der Waals surface area (Å²) >= 11 is 0. The normalized spacial score (nSPS) is 12.2. The lowest BCUT2D eigenvalue weighted by atomic mass is 9.91. The second-order valence-corrected chi connectivity index (χ2v) is 6.21. The van der Waals surface area contributed by atoms with Gasteiger partial charge in [0.25, 0.3) is 0 Å². The average Bonchev–Trinajstić information content (AvgIpc) is 2.62. The van der Waals surface area contributed by atoms with Crippen molar-refractivity contribution in [3.8, 4) is 5.75 Å². The Balaban J connectivity index is 2.40. The highest BCUT2D eigenvalue weighted by Crippen LogP contribution is 2.21. The Morgan fingerprint density at radius 3 is 2.36 bits per heavy atom. The molecular formula is C19H26O6. The SMILES string of the molecule is C=CCOc1ccc(C(=O)OCC(O)COC(=O)C(C)(C)CC)cc1. The third kappa shape index (κ3) is 6.97. The number of carbonyl (C=O) groups excluding carboxylic acids is 2. The monoisotopic (exact) mass is 350 g/mol. The Kier molecular flexibility index (Phi) is 8.15. The van der Waals surface area contributed by atoms with E-state index in [0.29, 0.717) is 24.3 Å². The Morgan fingerprint density at radius 1 is 1.20 bits per heavy atom. The van der Waals surface area contributed by atoms with Gasteiger partial charge in [0, 0.05) is 0 Å². The molecule has 1 atom stereocenters. The third-order valence-electron chi connectivity index (χ3n) is 3.71. The molecule has 1 aromatic carbocycles. The molecule has 0 spiro atoms. The lowest BCUT2D eigenvalue weighted by molar-refractivity contribution is -0.157. The van der Waals surface area contributed by atoms with Crippen LogP contribution in [0.1, 0.15) is 37.6 Å². The number of carbonyl (C=O) groups is 2. The molecule has 138 valence electrons. The van der Waals surface area contributed by atoms with Crippen LogP contribution in [-0.4, -0.2) is 43.0 Å². The third-order valence-corrected chi connectivity index (χ3v) is 3.71. The Morgan fingerprint density at radius 2 is 1.80 bits per heavy atom. The van der Waals surface area contributed by atoms with Crippen molar-refractivity contribution in [3.05, 3.63) is 42.5 Å². The summed E-state index contributed by atoms with van der Waals surface area (Å²) < 4.78 is 15.4. The summed E-state index contributed by atoms with van der Waals surface area (Å²) in [5, 5.41) is 9.79. The summed E-state index contributed by atoms with van der Waals surface area (Å²) in [5.74, 6) is -0.355. The minimum Gasteiger partial charge on any atom is -0.490 e. The Bertz CT molecular complexity index is 576. The van der Waals surface area contributed by atoms with E-state index in [0.717, 1.165) is 0 Å². The van der Waals surface area contributed by atoms with Gasteiger partial charge < -0.3 is 19.3 Å². The molecule has 0 radical (unpaired) electrons. The maximum atomic E-state index is 11.9. The fourth-order valence-electron chi connectivity index (χ4n) is 1.66. The smallest absolute Gasteiger partial charge is 0.338 e. The fraction of sp³-hybridized carbons (Fsp3) is 0.474. The van der Waals surface area contributed by atoms with Gasteiger partial charge in [-0.25, -0.2) is 4.79 Å². The van der Waals surface area contributed by atoms with Crippen LogP contribution in [0.25, 0.3) is 0 Å². The molecular weight excluding hydrogens is 324 g/mol. The van der Waals surface area contributed by atoms with Crippen LogP contribution in [0.2, 0.25) is 0 Å². The van der Waals surface area contributed by atoms with Crippen molar-refractivity contribution in [2.75, 3.05) is 19.8 Å². The van der Waals surface area contributed by atoms with E-state index in [-0.39, 0.29) is 13.2 Å². The second-order valence-electron chi connectivity index (χ2n) is 6.21. The van der Waals surface area contributed by atoms with Crippen LogP contribution in [0.15, 0.2) is 36.9 Å². The summed E-state index contributed by atoms with van der Waals surface area (Å²) in [6.07, 6.45) is 1.18. The first-order chi connectivity index (χ1) is 11.8. The Labute approximate surface area is 148 Å². The van der Waals surface area contributed by atoms with Crippen molar-refractivity contribution in [3.63, 3.8) is 0 Å². The fourth-order valence-corrected chi connectivity index (χ4v) is 1.66. The van der Waals surface area contributed by atoms with E-state index in [2.05, 4.69) is 6.58 Å². The van der Waals surface area contributed by atoms with E-state index in [1.54, 1.807) is 44.2 Å². The number of hydrogen-bond donors (Lipinski definition) is 1. The maximum Gasteiger partial charge on any atom is 0.338 e. The van der Waals surface area contributed by atoms with Gasteiger partial charge in [-0.15, -0.1) is 0 Å². The lowest BCUT2D eigenvalue weighted by Gasteiger charge is -2.21. The molecule has 0 aliphatic carbocycles. The van der Waals surface area contributed by atoms with Gasteiger partial charge in [0.2, 0.25) is 0 Å². The number of benzene rings is 1. The number of hydrogen-bond acceptors (Lipinski definition) is 6. The molecule has 0 aliphatic rings. The van der Waals surface area contributed by atoms with Gasteiger partial charge in [-0.2, -0.15) is 0 Å². The van der Waals surface area contributed by atoms with Crippen LogP contribution in [0.3, 0.4) is 0 Å². The quantitative estimate of drug-likeness (QED) is 0.516. The van der Waals surface area contributed by atoms with Gasteiger partial charge in [0.1, 0.15) is 31.7 Å². The number of ether oxygens (including phenoxy) is 3. The van der Waals surface area contributed by atoms with Gasteiger partial charge >= 0.3 is 11.9 Å². The highest BCUT2D eigenvalue weighted by atomic mass is 16.6. The molecule has 0 amide bonds. The zero-order chi connectivity index (χ0) is 18.9. The van der Waals surface area contributed by atoms with Crippen molar-refractivity contribution in [2.24, 2.45) is 5.41 Å².